The summed E-state index contributed by atoms with van der Waals surface area (Å²) >= 11 is 0. The number of rotatable bonds is 3. The van der Waals surface area contributed by atoms with E-state index >= 15 is 0 Å². The van der Waals surface area contributed by atoms with E-state index in [1.54, 1.807) is 18.3 Å². The Morgan fingerprint density at radius 1 is 1.10 bits per heavy atom. The molecular formula is C17H19NO2. The van der Waals surface area contributed by atoms with E-state index in [0.717, 1.165) is 5.69 Å². The van der Waals surface area contributed by atoms with Gasteiger partial charge in [-0.05, 0) is 35.2 Å². The Bertz CT molecular complexity index is 568. The number of hydrogen-bond acceptors (Lipinski definition) is 3. The van der Waals surface area contributed by atoms with Crippen LogP contribution in [0.3, 0.4) is 0 Å². The van der Waals surface area contributed by atoms with Crippen LogP contribution in [-0.2, 0) is 16.8 Å². The van der Waals surface area contributed by atoms with Crippen LogP contribution in [0.4, 0.5) is 0 Å². The van der Waals surface area contributed by atoms with Crippen molar-refractivity contribution in [2.24, 2.45) is 0 Å². The second-order valence-corrected chi connectivity index (χ2v) is 5.72. The zero-order valence-corrected chi connectivity index (χ0v) is 12.1. The zero-order chi connectivity index (χ0) is 14.6. The van der Waals surface area contributed by atoms with Crippen LogP contribution in [-0.4, -0.2) is 11.0 Å². The molecule has 0 radical (unpaired) electrons. The minimum Gasteiger partial charge on any atom is -0.456 e. The maximum absolute atomic E-state index is 11.9. The molecule has 2 rings (SSSR count). The number of hydrogen-bond donors (Lipinski definition) is 0. The third kappa shape index (κ3) is 3.67. The maximum Gasteiger partial charge on any atom is 0.338 e. The highest BCUT2D eigenvalue weighted by atomic mass is 16.5. The van der Waals surface area contributed by atoms with Crippen LogP contribution < -0.4 is 0 Å². The van der Waals surface area contributed by atoms with Gasteiger partial charge in [-0.3, -0.25) is 4.98 Å². The minimum atomic E-state index is -0.323. The maximum atomic E-state index is 11.9. The lowest BCUT2D eigenvalue weighted by Crippen LogP contribution is -2.12. The van der Waals surface area contributed by atoms with Gasteiger partial charge in [0.1, 0.15) is 6.61 Å². The summed E-state index contributed by atoms with van der Waals surface area (Å²) in [5.74, 6) is -0.323. The first-order valence-corrected chi connectivity index (χ1v) is 6.64. The van der Waals surface area contributed by atoms with Gasteiger partial charge in [0.2, 0.25) is 0 Å². The fourth-order valence-electron chi connectivity index (χ4n) is 1.81. The molecule has 0 saturated heterocycles. The lowest BCUT2D eigenvalue weighted by Gasteiger charge is -2.18. The molecule has 3 heteroatoms. The Kier molecular flexibility index (Phi) is 4.18. The second kappa shape index (κ2) is 5.87. The Balaban J connectivity index is 1.99. The van der Waals surface area contributed by atoms with Gasteiger partial charge in [0.25, 0.3) is 0 Å². The van der Waals surface area contributed by atoms with Gasteiger partial charge in [-0.2, -0.15) is 0 Å². The highest BCUT2D eigenvalue weighted by molar-refractivity contribution is 5.89. The standard InChI is InChI=1S/C17H19NO2/c1-17(2,3)14-9-7-13(8-10-14)16(19)20-12-15-6-4-5-11-18-15/h4-11H,12H2,1-3H3. The van der Waals surface area contributed by atoms with Crippen LogP contribution in [0.5, 0.6) is 0 Å². The number of esters is 1. The van der Waals surface area contributed by atoms with Gasteiger partial charge in [-0.25, -0.2) is 4.79 Å². The van der Waals surface area contributed by atoms with Crippen molar-refractivity contribution >= 4 is 5.97 Å². The number of nitrogens with zero attached hydrogens (tertiary/aromatic N) is 1. The number of aromatic nitrogens is 1. The van der Waals surface area contributed by atoms with E-state index in [9.17, 15) is 4.79 Å². The molecule has 0 N–H and O–H groups in total. The average Bonchev–Trinajstić information content (AvgIpc) is 2.45. The zero-order valence-electron chi connectivity index (χ0n) is 12.1. The lowest BCUT2D eigenvalue weighted by atomic mass is 9.87. The Morgan fingerprint density at radius 2 is 1.80 bits per heavy atom. The van der Waals surface area contributed by atoms with E-state index in [4.69, 9.17) is 4.74 Å². The fraction of sp³-hybridized carbons (Fsp3) is 0.294. The van der Waals surface area contributed by atoms with Gasteiger partial charge in [0.05, 0.1) is 11.3 Å². The van der Waals surface area contributed by atoms with Crippen molar-refractivity contribution in [3.05, 3.63) is 65.5 Å². The largest absolute Gasteiger partial charge is 0.456 e. The average molecular weight is 269 g/mol. The fourth-order valence-corrected chi connectivity index (χ4v) is 1.81. The monoisotopic (exact) mass is 269 g/mol. The van der Waals surface area contributed by atoms with Crippen LogP contribution in [0.2, 0.25) is 0 Å². The number of ether oxygens (including phenoxy) is 1. The van der Waals surface area contributed by atoms with Crippen LogP contribution >= 0.6 is 0 Å². The number of carbonyl (C=O) groups excluding carboxylic acids is 1. The first kappa shape index (κ1) is 14.3. The van der Waals surface area contributed by atoms with Crippen LogP contribution in [0.1, 0.15) is 42.4 Å². The van der Waals surface area contributed by atoms with Gasteiger partial charge in [-0.15, -0.1) is 0 Å². The van der Waals surface area contributed by atoms with Crippen molar-refractivity contribution in [2.45, 2.75) is 32.8 Å². The molecule has 0 atom stereocenters. The molecule has 0 unspecified atom stereocenters. The summed E-state index contributed by atoms with van der Waals surface area (Å²) in [5, 5.41) is 0. The smallest absolute Gasteiger partial charge is 0.338 e. The lowest BCUT2D eigenvalue weighted by molar-refractivity contribution is 0.0467. The number of carbonyl (C=O) groups is 1. The predicted molar refractivity (Wildman–Crippen MR) is 78.5 cm³/mol. The first-order chi connectivity index (χ1) is 9.47. The van der Waals surface area contributed by atoms with Gasteiger partial charge in [-0.1, -0.05) is 39.0 Å². The normalized spacial score (nSPS) is 11.2. The summed E-state index contributed by atoms with van der Waals surface area (Å²) in [6.45, 7) is 6.62. The molecule has 0 bridgehead atoms. The van der Waals surface area contributed by atoms with Gasteiger partial charge < -0.3 is 4.74 Å². The summed E-state index contributed by atoms with van der Waals surface area (Å²) in [7, 11) is 0. The van der Waals surface area contributed by atoms with E-state index in [1.165, 1.54) is 5.56 Å². The molecule has 2 aromatic rings. The van der Waals surface area contributed by atoms with Crippen molar-refractivity contribution in [3.63, 3.8) is 0 Å². The topological polar surface area (TPSA) is 39.2 Å². The van der Waals surface area contributed by atoms with E-state index in [1.807, 2.05) is 30.3 Å². The van der Waals surface area contributed by atoms with Crippen LogP contribution in [0.15, 0.2) is 48.7 Å². The van der Waals surface area contributed by atoms with Gasteiger partial charge in [0, 0.05) is 6.20 Å². The molecular weight excluding hydrogens is 250 g/mol. The molecule has 1 aromatic carbocycles. The molecule has 0 aliphatic heterocycles. The molecule has 0 aliphatic rings. The van der Waals surface area contributed by atoms with Crippen LogP contribution in [0.25, 0.3) is 0 Å². The minimum absolute atomic E-state index is 0.0798. The molecule has 20 heavy (non-hydrogen) atoms. The quantitative estimate of drug-likeness (QED) is 0.797. The molecule has 0 fully saturated rings. The molecule has 1 heterocycles. The molecule has 1 aromatic heterocycles. The third-order valence-electron chi connectivity index (χ3n) is 3.06. The predicted octanol–water partition coefficient (Wildman–Crippen LogP) is 3.74. The van der Waals surface area contributed by atoms with Gasteiger partial charge in [0.15, 0.2) is 0 Å². The van der Waals surface area contributed by atoms with Crippen LogP contribution in [0, 0.1) is 0 Å². The van der Waals surface area contributed by atoms with Crippen molar-refractivity contribution < 1.29 is 9.53 Å². The third-order valence-corrected chi connectivity index (χ3v) is 3.06. The van der Waals surface area contributed by atoms with E-state index < -0.39 is 0 Å². The van der Waals surface area contributed by atoms with Crippen molar-refractivity contribution in [1.82, 2.24) is 4.98 Å². The first-order valence-electron chi connectivity index (χ1n) is 6.64. The molecule has 0 saturated carbocycles. The van der Waals surface area contributed by atoms with Crippen molar-refractivity contribution in [3.8, 4) is 0 Å². The second-order valence-electron chi connectivity index (χ2n) is 5.72. The summed E-state index contributed by atoms with van der Waals surface area (Å²) in [5.41, 5.74) is 2.58. The molecule has 3 nitrogen and oxygen atoms in total. The molecule has 0 spiro atoms. The molecule has 104 valence electrons. The summed E-state index contributed by atoms with van der Waals surface area (Å²) in [6.07, 6.45) is 1.68. The van der Waals surface area contributed by atoms with Gasteiger partial charge >= 0.3 is 5.97 Å². The summed E-state index contributed by atoms with van der Waals surface area (Å²) in [6, 6.07) is 13.1. The Labute approximate surface area is 119 Å². The Hall–Kier alpha value is -2.16. The number of benzene rings is 1. The van der Waals surface area contributed by atoms with Crippen molar-refractivity contribution in [1.29, 1.82) is 0 Å². The molecule has 0 aliphatic carbocycles. The summed E-state index contributed by atoms with van der Waals surface area (Å²) < 4.78 is 5.24. The molecule has 0 amide bonds. The van der Waals surface area contributed by atoms with E-state index in [0.29, 0.717) is 5.56 Å². The SMILES string of the molecule is CC(C)(C)c1ccc(C(=O)OCc2ccccn2)cc1. The Morgan fingerprint density at radius 3 is 2.35 bits per heavy atom. The van der Waals surface area contributed by atoms with E-state index in [-0.39, 0.29) is 18.0 Å². The highest BCUT2D eigenvalue weighted by Crippen LogP contribution is 2.22. The summed E-state index contributed by atoms with van der Waals surface area (Å²) in [4.78, 5) is 16.0. The number of pyridine rings is 1. The van der Waals surface area contributed by atoms with Crippen molar-refractivity contribution in [2.75, 3.05) is 0 Å². The highest BCUT2D eigenvalue weighted by Gasteiger charge is 2.14. The van der Waals surface area contributed by atoms with E-state index in [2.05, 4.69) is 25.8 Å².